The van der Waals surface area contributed by atoms with Crippen LogP contribution in [-0.4, -0.2) is 24.8 Å². The number of hydrogen-bond acceptors (Lipinski definition) is 5. The minimum Gasteiger partial charge on any atom is -0.495 e. The second kappa shape index (κ2) is 11.1. The molecule has 3 rings (SSSR count). The molecule has 0 atom stereocenters. The van der Waals surface area contributed by atoms with Crippen LogP contribution in [-0.2, 0) is 13.2 Å². The first kappa shape index (κ1) is 23.8. The number of carbonyl (C=O) groups is 1. The van der Waals surface area contributed by atoms with E-state index in [-0.39, 0.29) is 5.56 Å². The zero-order chi connectivity index (χ0) is 23.1. The van der Waals surface area contributed by atoms with E-state index in [0.29, 0.717) is 47.7 Å². The predicted molar refractivity (Wildman–Crippen MR) is 128 cm³/mol. The van der Waals surface area contributed by atoms with Crippen LogP contribution in [0.4, 0.5) is 5.69 Å². The third kappa shape index (κ3) is 5.87. The number of carboxylic acids is 1. The monoisotopic (exact) mass is 519 g/mol. The molecule has 0 saturated heterocycles. The van der Waals surface area contributed by atoms with Crippen LogP contribution in [0.2, 0.25) is 5.02 Å². The first-order valence-electron chi connectivity index (χ1n) is 9.89. The highest BCUT2D eigenvalue weighted by atomic mass is 79.9. The average molecular weight is 521 g/mol. The van der Waals surface area contributed by atoms with Gasteiger partial charge in [-0.25, -0.2) is 4.79 Å². The molecule has 0 spiro atoms. The van der Waals surface area contributed by atoms with Gasteiger partial charge in [-0.1, -0.05) is 29.8 Å². The van der Waals surface area contributed by atoms with Gasteiger partial charge in [-0.05, 0) is 64.8 Å². The number of nitrogens with one attached hydrogen (secondary N) is 1. The van der Waals surface area contributed by atoms with Crippen molar-refractivity contribution in [2.75, 3.05) is 19.0 Å². The van der Waals surface area contributed by atoms with E-state index in [0.717, 1.165) is 15.6 Å². The summed E-state index contributed by atoms with van der Waals surface area (Å²) in [6.45, 7) is 3.09. The van der Waals surface area contributed by atoms with E-state index in [1.165, 1.54) is 13.2 Å². The van der Waals surface area contributed by atoms with Gasteiger partial charge in [-0.3, -0.25) is 0 Å². The Labute approximate surface area is 200 Å². The topological polar surface area (TPSA) is 77.0 Å². The molecular formula is C24H23BrClNO5. The lowest BCUT2D eigenvalue weighted by atomic mass is 10.1. The fraction of sp³-hybridized carbons (Fsp3) is 0.208. The van der Waals surface area contributed by atoms with Crippen molar-refractivity contribution in [3.8, 4) is 17.2 Å². The average Bonchev–Trinajstić information content (AvgIpc) is 2.78. The quantitative estimate of drug-likeness (QED) is 0.322. The Hall–Kier alpha value is -2.90. The highest BCUT2D eigenvalue weighted by Crippen LogP contribution is 2.38. The number of hydrogen-bond donors (Lipinski definition) is 2. The maximum absolute atomic E-state index is 11.3. The zero-order valence-electron chi connectivity index (χ0n) is 17.7. The molecule has 0 aliphatic heterocycles. The van der Waals surface area contributed by atoms with Crippen molar-refractivity contribution in [1.29, 1.82) is 0 Å². The highest BCUT2D eigenvalue weighted by molar-refractivity contribution is 9.10. The Morgan fingerprint density at radius 1 is 1.09 bits per heavy atom. The third-order valence-electron chi connectivity index (χ3n) is 4.63. The molecule has 0 saturated carbocycles. The van der Waals surface area contributed by atoms with Crippen LogP contribution in [0.25, 0.3) is 0 Å². The van der Waals surface area contributed by atoms with Gasteiger partial charge in [-0.15, -0.1) is 0 Å². The van der Waals surface area contributed by atoms with Gasteiger partial charge in [0.15, 0.2) is 11.5 Å². The van der Waals surface area contributed by atoms with E-state index in [1.807, 2.05) is 43.3 Å². The second-order valence-electron chi connectivity index (χ2n) is 6.79. The molecule has 0 radical (unpaired) electrons. The molecule has 3 aromatic carbocycles. The molecule has 0 amide bonds. The minimum atomic E-state index is -1.00. The lowest BCUT2D eigenvalue weighted by Gasteiger charge is -2.17. The van der Waals surface area contributed by atoms with Gasteiger partial charge >= 0.3 is 5.97 Å². The Morgan fingerprint density at radius 2 is 1.88 bits per heavy atom. The van der Waals surface area contributed by atoms with Crippen LogP contribution in [0.5, 0.6) is 17.2 Å². The molecule has 8 heteroatoms. The fourth-order valence-corrected chi connectivity index (χ4v) is 3.86. The first-order chi connectivity index (χ1) is 15.4. The Kier molecular flexibility index (Phi) is 8.25. The van der Waals surface area contributed by atoms with Crippen molar-refractivity contribution in [3.63, 3.8) is 0 Å². The normalized spacial score (nSPS) is 10.5. The SMILES string of the molecule is CCOc1cc(CNc2cc(C(=O)O)ccc2OC)cc(Br)c1OCc1ccccc1Cl. The Bertz CT molecular complexity index is 1110. The Morgan fingerprint density at radius 3 is 2.56 bits per heavy atom. The van der Waals surface area contributed by atoms with Crippen molar-refractivity contribution in [3.05, 3.63) is 80.8 Å². The lowest BCUT2D eigenvalue weighted by Crippen LogP contribution is -2.06. The third-order valence-corrected chi connectivity index (χ3v) is 5.59. The molecule has 0 bridgehead atoms. The van der Waals surface area contributed by atoms with Crippen LogP contribution in [0, 0.1) is 0 Å². The molecule has 0 aliphatic carbocycles. The number of anilines is 1. The maximum Gasteiger partial charge on any atom is 0.335 e. The van der Waals surface area contributed by atoms with E-state index in [1.54, 1.807) is 12.1 Å². The van der Waals surface area contributed by atoms with E-state index >= 15 is 0 Å². The molecule has 6 nitrogen and oxygen atoms in total. The van der Waals surface area contributed by atoms with E-state index in [4.69, 9.17) is 25.8 Å². The second-order valence-corrected chi connectivity index (χ2v) is 8.05. The van der Waals surface area contributed by atoms with Crippen LogP contribution in [0.1, 0.15) is 28.4 Å². The largest absolute Gasteiger partial charge is 0.495 e. The molecule has 0 unspecified atom stereocenters. The summed E-state index contributed by atoms with van der Waals surface area (Å²) in [7, 11) is 1.54. The molecule has 0 aliphatic rings. The van der Waals surface area contributed by atoms with Crippen molar-refractivity contribution < 1.29 is 24.1 Å². The Balaban J connectivity index is 1.81. The molecule has 0 fully saturated rings. The number of rotatable bonds is 10. The summed E-state index contributed by atoms with van der Waals surface area (Å²) in [6, 6.07) is 16.0. The van der Waals surface area contributed by atoms with Gasteiger partial charge in [-0.2, -0.15) is 0 Å². The van der Waals surface area contributed by atoms with E-state index < -0.39 is 5.97 Å². The first-order valence-corrected chi connectivity index (χ1v) is 11.1. The predicted octanol–water partition coefficient (Wildman–Crippen LogP) is 6.40. The number of methoxy groups -OCH3 is 1. The van der Waals surface area contributed by atoms with Crippen LogP contribution in [0.15, 0.2) is 59.1 Å². The van der Waals surface area contributed by atoms with Gasteiger partial charge in [0.2, 0.25) is 0 Å². The maximum atomic E-state index is 11.3. The molecule has 3 aromatic rings. The van der Waals surface area contributed by atoms with Gasteiger partial charge in [0.25, 0.3) is 0 Å². The van der Waals surface area contributed by atoms with Crippen molar-refractivity contribution in [1.82, 2.24) is 0 Å². The molecule has 0 heterocycles. The van der Waals surface area contributed by atoms with E-state index in [9.17, 15) is 9.90 Å². The van der Waals surface area contributed by atoms with Crippen LogP contribution >= 0.6 is 27.5 Å². The number of halogens is 2. The van der Waals surface area contributed by atoms with Gasteiger partial charge < -0.3 is 24.6 Å². The van der Waals surface area contributed by atoms with Crippen molar-refractivity contribution >= 4 is 39.2 Å². The van der Waals surface area contributed by atoms with Crippen molar-refractivity contribution in [2.45, 2.75) is 20.1 Å². The van der Waals surface area contributed by atoms with Crippen LogP contribution < -0.4 is 19.5 Å². The zero-order valence-corrected chi connectivity index (χ0v) is 20.0. The standard InChI is InChI=1S/C24H23BrClNO5/c1-3-31-22-11-15(13-27-20-12-16(24(28)29)8-9-21(20)30-2)10-18(25)23(22)32-14-17-6-4-5-7-19(17)26/h4-12,27H,3,13-14H2,1-2H3,(H,28,29). The molecule has 168 valence electrons. The summed E-state index contributed by atoms with van der Waals surface area (Å²) < 4.78 is 17.9. The van der Waals surface area contributed by atoms with Crippen molar-refractivity contribution in [2.24, 2.45) is 0 Å². The number of ether oxygens (including phenoxy) is 3. The highest BCUT2D eigenvalue weighted by Gasteiger charge is 2.14. The molecule has 32 heavy (non-hydrogen) atoms. The number of carboxylic acid groups (broad SMARTS) is 1. The molecule has 0 aromatic heterocycles. The minimum absolute atomic E-state index is 0.174. The lowest BCUT2D eigenvalue weighted by molar-refractivity contribution is 0.0697. The number of benzene rings is 3. The summed E-state index contributed by atoms with van der Waals surface area (Å²) in [5.41, 5.74) is 2.54. The van der Waals surface area contributed by atoms with Gasteiger partial charge in [0.05, 0.1) is 29.4 Å². The summed E-state index contributed by atoms with van der Waals surface area (Å²) in [6.07, 6.45) is 0. The number of aromatic carboxylic acids is 1. The summed E-state index contributed by atoms with van der Waals surface area (Å²) in [5.74, 6) is 0.730. The summed E-state index contributed by atoms with van der Waals surface area (Å²) in [5, 5.41) is 13.1. The summed E-state index contributed by atoms with van der Waals surface area (Å²) >= 11 is 9.81. The molecular weight excluding hydrogens is 498 g/mol. The van der Waals surface area contributed by atoms with Gasteiger partial charge in [0.1, 0.15) is 12.4 Å². The fourth-order valence-electron chi connectivity index (χ4n) is 3.07. The molecule has 2 N–H and O–H groups in total. The smallest absolute Gasteiger partial charge is 0.335 e. The van der Waals surface area contributed by atoms with E-state index in [2.05, 4.69) is 21.2 Å². The summed E-state index contributed by atoms with van der Waals surface area (Å²) in [4.78, 5) is 11.3. The van der Waals surface area contributed by atoms with Gasteiger partial charge in [0, 0.05) is 17.1 Å². The van der Waals surface area contributed by atoms with Crippen LogP contribution in [0.3, 0.4) is 0 Å².